The molecule has 2 N–H and O–H groups in total. The van der Waals surface area contributed by atoms with E-state index in [0.29, 0.717) is 6.04 Å². The van der Waals surface area contributed by atoms with Crippen molar-refractivity contribution in [3.05, 3.63) is 15.6 Å². The molecule has 19 heavy (non-hydrogen) atoms. The highest BCUT2D eigenvalue weighted by Gasteiger charge is 2.29. The van der Waals surface area contributed by atoms with E-state index in [1.165, 1.54) is 17.0 Å². The van der Waals surface area contributed by atoms with Gasteiger partial charge in [0.1, 0.15) is 11.1 Å². The van der Waals surface area contributed by atoms with Crippen LogP contribution in [0.4, 0.5) is 0 Å². The maximum Gasteiger partial charge on any atom is 0.123 e. The highest BCUT2D eigenvalue weighted by atomic mass is 32.1. The van der Waals surface area contributed by atoms with Crippen LogP contribution in [0.2, 0.25) is 0 Å². The summed E-state index contributed by atoms with van der Waals surface area (Å²) in [5.74, 6) is 0. The SMILES string of the molecule is CC(C)N1CCOC(c2nc3c(s2)C(N)CCC3)C1. The van der Waals surface area contributed by atoms with Crippen LogP contribution in [0.15, 0.2) is 0 Å². The molecule has 1 aromatic heterocycles. The van der Waals surface area contributed by atoms with Gasteiger partial charge >= 0.3 is 0 Å². The molecule has 1 saturated heterocycles. The number of ether oxygens (including phenoxy) is 1. The Morgan fingerprint density at radius 2 is 2.32 bits per heavy atom. The average Bonchev–Trinajstić information content (AvgIpc) is 2.84. The van der Waals surface area contributed by atoms with Gasteiger partial charge in [-0.15, -0.1) is 11.3 Å². The lowest BCUT2D eigenvalue weighted by atomic mass is 9.99. The van der Waals surface area contributed by atoms with E-state index in [4.69, 9.17) is 15.5 Å². The summed E-state index contributed by atoms with van der Waals surface area (Å²) in [6.45, 7) is 7.27. The van der Waals surface area contributed by atoms with Crippen molar-refractivity contribution in [2.75, 3.05) is 19.7 Å². The van der Waals surface area contributed by atoms with E-state index < -0.39 is 0 Å². The van der Waals surface area contributed by atoms with Gasteiger partial charge in [-0.1, -0.05) is 0 Å². The highest BCUT2D eigenvalue weighted by molar-refractivity contribution is 7.11. The fourth-order valence-electron chi connectivity index (χ4n) is 2.90. The summed E-state index contributed by atoms with van der Waals surface area (Å²) < 4.78 is 5.92. The van der Waals surface area contributed by atoms with Crippen LogP contribution in [-0.2, 0) is 11.2 Å². The van der Waals surface area contributed by atoms with Crippen molar-refractivity contribution in [2.24, 2.45) is 5.73 Å². The Morgan fingerprint density at radius 3 is 3.05 bits per heavy atom. The first kappa shape index (κ1) is 13.5. The number of morpholine rings is 1. The fourth-order valence-corrected chi connectivity index (χ4v) is 4.09. The number of thiazole rings is 1. The maximum atomic E-state index is 6.18. The minimum Gasteiger partial charge on any atom is -0.368 e. The van der Waals surface area contributed by atoms with Crippen LogP contribution in [0, 0.1) is 0 Å². The summed E-state index contributed by atoms with van der Waals surface area (Å²) >= 11 is 1.78. The third-order valence-electron chi connectivity index (χ3n) is 4.11. The second kappa shape index (κ2) is 5.48. The van der Waals surface area contributed by atoms with Gasteiger partial charge in [0.2, 0.25) is 0 Å². The van der Waals surface area contributed by atoms with E-state index in [0.717, 1.165) is 37.5 Å². The van der Waals surface area contributed by atoms with Crippen LogP contribution >= 0.6 is 11.3 Å². The van der Waals surface area contributed by atoms with Crippen molar-refractivity contribution in [3.63, 3.8) is 0 Å². The van der Waals surface area contributed by atoms with Crippen molar-refractivity contribution in [2.45, 2.75) is 51.3 Å². The molecule has 0 amide bonds. The minimum atomic E-state index is 0.138. The van der Waals surface area contributed by atoms with Crippen LogP contribution in [0.3, 0.4) is 0 Å². The standard InChI is InChI=1S/C14H23N3OS/c1-9(2)17-6-7-18-12(8-17)14-16-11-5-3-4-10(15)13(11)19-14/h9-10,12H,3-8,15H2,1-2H3. The summed E-state index contributed by atoms with van der Waals surface area (Å²) in [5.41, 5.74) is 7.41. The third-order valence-corrected chi connectivity index (χ3v) is 5.43. The summed E-state index contributed by atoms with van der Waals surface area (Å²) in [5, 5.41) is 1.13. The van der Waals surface area contributed by atoms with Gasteiger partial charge in [-0.3, -0.25) is 4.90 Å². The van der Waals surface area contributed by atoms with Gasteiger partial charge in [0.15, 0.2) is 0 Å². The third kappa shape index (κ3) is 2.70. The summed E-state index contributed by atoms with van der Waals surface area (Å²) in [6, 6.07) is 0.767. The molecule has 4 nitrogen and oxygen atoms in total. The van der Waals surface area contributed by atoms with E-state index in [2.05, 4.69) is 18.7 Å². The number of aromatic nitrogens is 1. The van der Waals surface area contributed by atoms with Gasteiger partial charge in [-0.05, 0) is 33.1 Å². The van der Waals surface area contributed by atoms with Crippen molar-refractivity contribution < 1.29 is 4.74 Å². The second-order valence-corrected chi connectivity index (χ2v) is 6.87. The molecule has 1 aliphatic carbocycles. The number of nitrogens with zero attached hydrogens (tertiary/aromatic N) is 2. The zero-order valence-electron chi connectivity index (χ0n) is 11.8. The number of hydrogen-bond donors (Lipinski definition) is 1. The van der Waals surface area contributed by atoms with Crippen LogP contribution in [0.1, 0.15) is 54.4 Å². The second-order valence-electron chi connectivity index (χ2n) is 5.81. The molecule has 0 bridgehead atoms. The monoisotopic (exact) mass is 281 g/mol. The number of aryl methyl sites for hydroxylation is 1. The molecule has 2 atom stereocenters. The molecule has 1 aliphatic heterocycles. The zero-order valence-corrected chi connectivity index (χ0v) is 12.6. The molecule has 0 spiro atoms. The molecule has 3 rings (SSSR count). The first-order valence-corrected chi connectivity index (χ1v) is 8.07. The van der Waals surface area contributed by atoms with E-state index in [1.54, 1.807) is 11.3 Å². The van der Waals surface area contributed by atoms with Crippen molar-refractivity contribution in [3.8, 4) is 0 Å². The van der Waals surface area contributed by atoms with Crippen molar-refractivity contribution in [1.29, 1.82) is 0 Å². The Labute approximate surface area is 119 Å². The molecular weight excluding hydrogens is 258 g/mol. The average molecular weight is 281 g/mol. The van der Waals surface area contributed by atoms with Gasteiger partial charge in [0.05, 0.1) is 12.3 Å². The van der Waals surface area contributed by atoms with Gasteiger partial charge in [-0.2, -0.15) is 0 Å². The largest absolute Gasteiger partial charge is 0.368 e. The van der Waals surface area contributed by atoms with Gasteiger partial charge in [0, 0.05) is 30.1 Å². The topological polar surface area (TPSA) is 51.4 Å². The van der Waals surface area contributed by atoms with E-state index in [1.807, 2.05) is 0 Å². The van der Waals surface area contributed by atoms with E-state index in [-0.39, 0.29) is 12.1 Å². The Balaban J connectivity index is 1.78. The lowest BCUT2D eigenvalue weighted by molar-refractivity contribution is -0.0403. The quantitative estimate of drug-likeness (QED) is 0.903. The first-order chi connectivity index (χ1) is 9.15. The lowest BCUT2D eigenvalue weighted by Crippen LogP contribution is -2.42. The van der Waals surface area contributed by atoms with Crippen LogP contribution in [-0.4, -0.2) is 35.6 Å². The summed E-state index contributed by atoms with van der Waals surface area (Å²) in [6.07, 6.45) is 3.48. The summed E-state index contributed by atoms with van der Waals surface area (Å²) in [7, 11) is 0. The fraction of sp³-hybridized carbons (Fsp3) is 0.786. The molecule has 2 heterocycles. The number of rotatable bonds is 2. The van der Waals surface area contributed by atoms with Crippen LogP contribution in [0.5, 0.6) is 0 Å². The Bertz CT molecular complexity index is 446. The minimum absolute atomic E-state index is 0.138. The maximum absolute atomic E-state index is 6.18. The number of fused-ring (bicyclic) bond motifs is 1. The Kier molecular flexibility index (Phi) is 3.89. The first-order valence-electron chi connectivity index (χ1n) is 7.26. The van der Waals surface area contributed by atoms with Gasteiger partial charge < -0.3 is 10.5 Å². The molecular formula is C14H23N3OS. The molecule has 2 unspecified atom stereocenters. The van der Waals surface area contributed by atoms with Gasteiger partial charge in [-0.25, -0.2) is 4.98 Å². The Morgan fingerprint density at radius 1 is 1.47 bits per heavy atom. The molecule has 2 aliphatic rings. The highest BCUT2D eigenvalue weighted by Crippen LogP contribution is 2.36. The molecule has 1 fully saturated rings. The van der Waals surface area contributed by atoms with Crippen LogP contribution < -0.4 is 5.73 Å². The molecule has 1 aromatic rings. The Hall–Kier alpha value is -0.490. The number of nitrogens with two attached hydrogens (primary N) is 1. The summed E-state index contributed by atoms with van der Waals surface area (Å²) in [4.78, 5) is 8.57. The molecule has 0 radical (unpaired) electrons. The molecule has 0 aromatic carbocycles. The molecule has 0 saturated carbocycles. The molecule has 5 heteroatoms. The van der Waals surface area contributed by atoms with E-state index in [9.17, 15) is 0 Å². The van der Waals surface area contributed by atoms with E-state index >= 15 is 0 Å². The normalized spacial score (nSPS) is 28.6. The van der Waals surface area contributed by atoms with Crippen molar-refractivity contribution in [1.82, 2.24) is 9.88 Å². The van der Waals surface area contributed by atoms with Gasteiger partial charge in [0.25, 0.3) is 0 Å². The lowest BCUT2D eigenvalue weighted by Gasteiger charge is -2.34. The van der Waals surface area contributed by atoms with Crippen LogP contribution in [0.25, 0.3) is 0 Å². The predicted octanol–water partition coefficient (Wildman–Crippen LogP) is 2.26. The number of hydrogen-bond acceptors (Lipinski definition) is 5. The predicted molar refractivity (Wildman–Crippen MR) is 77.4 cm³/mol. The van der Waals surface area contributed by atoms with Crippen molar-refractivity contribution >= 4 is 11.3 Å². The molecule has 106 valence electrons. The zero-order chi connectivity index (χ0) is 13.4. The smallest absolute Gasteiger partial charge is 0.123 e.